The molecule has 0 bridgehead atoms. The Kier molecular flexibility index (Phi) is 2.10. The second kappa shape index (κ2) is 2.71. The molecule has 5 nitrogen and oxygen atoms in total. The second-order valence-electron chi connectivity index (χ2n) is 5.34. The van der Waals surface area contributed by atoms with E-state index >= 15 is 0 Å². The lowest BCUT2D eigenvalue weighted by molar-refractivity contribution is 0.279. The van der Waals surface area contributed by atoms with Crippen LogP contribution in [0, 0.1) is 0 Å². The van der Waals surface area contributed by atoms with Crippen LogP contribution in [0.2, 0.25) is 0 Å². The average Bonchev–Trinajstić information content (AvgIpc) is 2.88. The maximum atomic E-state index is 12.4. The van der Waals surface area contributed by atoms with Crippen molar-refractivity contribution in [3.63, 3.8) is 0 Å². The first kappa shape index (κ1) is 10.8. The molecular formula is C4H14B4N3O2P. The van der Waals surface area contributed by atoms with E-state index in [9.17, 15) is 4.57 Å². The Hall–Kier alpha value is 0.330. The number of nitrogens with zero attached hydrogens (tertiary/aromatic N) is 2. The van der Waals surface area contributed by atoms with Crippen molar-refractivity contribution in [3.05, 3.63) is 0 Å². The van der Waals surface area contributed by atoms with Crippen LogP contribution in [0.25, 0.3) is 0 Å². The highest BCUT2D eigenvalue weighted by Crippen LogP contribution is 2.67. The summed E-state index contributed by atoms with van der Waals surface area (Å²) in [5, 5.41) is -0.0683. The molecular weight excluding hydrogens is 196 g/mol. The molecule has 0 aromatic rings. The zero-order valence-electron chi connectivity index (χ0n) is 9.15. The van der Waals surface area contributed by atoms with Gasteiger partial charge in [0.1, 0.15) is 31.4 Å². The monoisotopic (exact) mass is 211 g/mol. The van der Waals surface area contributed by atoms with Gasteiger partial charge in [0.2, 0.25) is 0 Å². The third kappa shape index (κ3) is 1.42. The van der Waals surface area contributed by atoms with Crippen LogP contribution in [-0.2, 0) is 9.19 Å². The Morgan fingerprint density at radius 2 is 1.43 bits per heavy atom. The van der Waals surface area contributed by atoms with E-state index in [1.54, 1.807) is 0 Å². The summed E-state index contributed by atoms with van der Waals surface area (Å²) in [5.74, 6) is 5.18. The summed E-state index contributed by atoms with van der Waals surface area (Å²) >= 11 is 0. The minimum atomic E-state index is -2.92. The molecule has 2 aliphatic heterocycles. The summed E-state index contributed by atoms with van der Waals surface area (Å²) in [4.78, 5) is 0. The fraction of sp³-hybridized carbons (Fsp3) is 1.00. The van der Waals surface area contributed by atoms with Gasteiger partial charge >= 0.3 is 7.67 Å². The summed E-state index contributed by atoms with van der Waals surface area (Å²) in [7, 11) is 5.23. The van der Waals surface area contributed by atoms with Gasteiger partial charge in [-0.1, -0.05) is 0 Å². The summed E-state index contributed by atoms with van der Waals surface area (Å²) in [5.41, 5.74) is 0. The van der Waals surface area contributed by atoms with Gasteiger partial charge in [-0.2, -0.15) is 0 Å². The number of hydrogen-bond donors (Lipinski definition) is 1. The lowest BCUT2D eigenvalue weighted by Gasteiger charge is -2.22. The summed E-state index contributed by atoms with van der Waals surface area (Å²) in [6, 6.07) is 0. The average molecular weight is 210 g/mol. The van der Waals surface area contributed by atoms with Gasteiger partial charge in [0.25, 0.3) is 0 Å². The maximum Gasteiger partial charge on any atom is 0.360 e. The Labute approximate surface area is 87.8 Å². The molecule has 0 aromatic carbocycles. The molecule has 0 saturated carbocycles. The predicted molar refractivity (Wildman–Crippen MR) is 65.9 cm³/mol. The van der Waals surface area contributed by atoms with Gasteiger partial charge in [-0.3, -0.25) is 4.57 Å². The van der Waals surface area contributed by atoms with Crippen molar-refractivity contribution in [1.29, 1.82) is 0 Å². The van der Waals surface area contributed by atoms with Crippen LogP contribution >= 0.6 is 7.67 Å². The van der Waals surface area contributed by atoms with Crippen LogP contribution in [-0.4, -0.2) is 64.5 Å². The molecule has 14 heavy (non-hydrogen) atoms. The van der Waals surface area contributed by atoms with Crippen LogP contribution in [0.15, 0.2) is 0 Å². The van der Waals surface area contributed by atoms with Gasteiger partial charge in [0, 0.05) is 13.1 Å². The highest BCUT2D eigenvalue weighted by Gasteiger charge is 2.64. The van der Waals surface area contributed by atoms with Crippen molar-refractivity contribution in [3.8, 4) is 0 Å². The summed E-state index contributed by atoms with van der Waals surface area (Å²) < 4.78 is 20.9. The van der Waals surface area contributed by atoms with Crippen molar-refractivity contribution in [2.24, 2.45) is 5.90 Å². The zero-order chi connectivity index (χ0) is 10.8. The molecule has 2 N–H and O–H groups in total. The van der Waals surface area contributed by atoms with Crippen LogP contribution in [0.3, 0.4) is 0 Å². The molecule has 2 fully saturated rings. The molecule has 2 unspecified atom stereocenters. The van der Waals surface area contributed by atoms with Gasteiger partial charge in [0.15, 0.2) is 0 Å². The first-order valence-electron chi connectivity index (χ1n) is 4.79. The normalized spacial score (nSPS) is 41.2. The van der Waals surface area contributed by atoms with E-state index in [0.717, 1.165) is 13.1 Å². The van der Waals surface area contributed by atoms with Gasteiger partial charge in [-0.15, -0.1) is 0 Å². The number of nitrogens with two attached hydrogens (primary N) is 1. The van der Waals surface area contributed by atoms with Crippen molar-refractivity contribution in [1.82, 2.24) is 9.34 Å². The minimum absolute atomic E-state index is 0.0342. The lowest BCUT2D eigenvalue weighted by Crippen LogP contribution is -2.26. The molecule has 0 radical (unpaired) electrons. The minimum Gasteiger partial charge on any atom is -0.254 e. The highest BCUT2D eigenvalue weighted by molar-refractivity contribution is 7.55. The van der Waals surface area contributed by atoms with E-state index in [2.05, 4.69) is 0 Å². The number of hydrogen-bond acceptors (Lipinski definition) is 3. The van der Waals surface area contributed by atoms with E-state index in [4.69, 9.17) is 10.5 Å². The van der Waals surface area contributed by atoms with Crippen LogP contribution < -0.4 is 5.90 Å². The molecule has 2 atom stereocenters. The first-order valence-corrected chi connectivity index (χ1v) is 6.32. The number of rotatable bonds is 3. The molecule has 0 spiro atoms. The molecule has 2 rings (SSSR count). The highest BCUT2D eigenvalue weighted by atomic mass is 31.2. The Balaban J connectivity index is 2.17. The molecule has 2 heterocycles. The molecule has 2 saturated heterocycles. The standard InChI is InChI=1S/C4H14B4N3O2P/c5-3(6)1-10(3)14(12,13-9)11-2-4(11,7)8/h1-2,5-9H2. The molecule has 2 aliphatic rings. The van der Waals surface area contributed by atoms with Gasteiger partial charge < -0.3 is 0 Å². The van der Waals surface area contributed by atoms with E-state index in [1.165, 1.54) is 0 Å². The van der Waals surface area contributed by atoms with Crippen molar-refractivity contribution < 1.29 is 9.19 Å². The van der Waals surface area contributed by atoms with E-state index in [-0.39, 0.29) is 10.7 Å². The first-order chi connectivity index (χ1) is 6.24. The summed E-state index contributed by atoms with van der Waals surface area (Å²) in [6.07, 6.45) is 0. The second-order valence-corrected chi connectivity index (χ2v) is 7.49. The zero-order valence-corrected chi connectivity index (χ0v) is 10.0. The third-order valence-corrected chi connectivity index (χ3v) is 5.87. The van der Waals surface area contributed by atoms with Gasteiger partial charge in [0.05, 0.1) is 0 Å². The largest absolute Gasteiger partial charge is 0.360 e. The quantitative estimate of drug-likeness (QED) is 0.220. The Morgan fingerprint density at radius 1 is 1.14 bits per heavy atom. The molecule has 0 aliphatic carbocycles. The Bertz CT molecular complexity index is 298. The SMILES string of the molecule is BC1(B)CN1P(=O)(ON)N1CC1(B)B. The smallest absolute Gasteiger partial charge is 0.254 e. The fourth-order valence-corrected chi connectivity index (χ4v) is 4.68. The van der Waals surface area contributed by atoms with E-state index in [0.29, 0.717) is 0 Å². The Morgan fingerprint density at radius 3 is 1.57 bits per heavy atom. The molecule has 10 heteroatoms. The third-order valence-electron chi connectivity index (χ3n) is 3.01. The van der Waals surface area contributed by atoms with Crippen LogP contribution in [0.1, 0.15) is 0 Å². The van der Waals surface area contributed by atoms with E-state index < -0.39 is 7.67 Å². The van der Waals surface area contributed by atoms with Gasteiger partial charge in [-0.25, -0.2) is 19.9 Å². The van der Waals surface area contributed by atoms with Crippen molar-refractivity contribution in [2.75, 3.05) is 13.1 Å². The molecule has 0 amide bonds. The topological polar surface area (TPSA) is 58.3 Å². The molecule has 74 valence electrons. The van der Waals surface area contributed by atoms with Crippen molar-refractivity contribution >= 4 is 39.1 Å². The van der Waals surface area contributed by atoms with Crippen LogP contribution in [0.5, 0.6) is 0 Å². The van der Waals surface area contributed by atoms with E-state index in [1.807, 2.05) is 40.7 Å². The molecule has 0 aromatic heterocycles. The van der Waals surface area contributed by atoms with Gasteiger partial charge in [-0.05, 0) is 10.7 Å². The fourth-order valence-electron chi connectivity index (χ4n) is 1.77. The maximum absolute atomic E-state index is 12.4. The van der Waals surface area contributed by atoms with Crippen LogP contribution in [0.4, 0.5) is 0 Å². The summed E-state index contributed by atoms with van der Waals surface area (Å²) in [6.45, 7) is 1.57. The predicted octanol–water partition coefficient (Wildman–Crippen LogP) is -4.54. The lowest BCUT2D eigenvalue weighted by atomic mass is 9.70. The van der Waals surface area contributed by atoms with Crippen molar-refractivity contribution in [2.45, 2.75) is 10.7 Å².